The Kier molecular flexibility index (Phi) is 4.70. The van der Waals surface area contributed by atoms with E-state index in [-0.39, 0.29) is 5.97 Å². The van der Waals surface area contributed by atoms with Gasteiger partial charge in [0.15, 0.2) is 0 Å². The Hall–Kier alpha value is -3.41. The first kappa shape index (κ1) is 21.1. The van der Waals surface area contributed by atoms with Crippen molar-refractivity contribution in [2.24, 2.45) is 5.92 Å². The van der Waals surface area contributed by atoms with Gasteiger partial charge in [0.1, 0.15) is 11.8 Å². The Morgan fingerprint density at radius 1 is 1.15 bits per heavy atom. The van der Waals surface area contributed by atoms with Gasteiger partial charge in [0.05, 0.1) is 28.2 Å². The Bertz CT molecular complexity index is 1340. The number of rotatable bonds is 3. The van der Waals surface area contributed by atoms with E-state index < -0.39 is 5.60 Å². The summed E-state index contributed by atoms with van der Waals surface area (Å²) < 4.78 is 5.65. The Balaban J connectivity index is 1.54. The van der Waals surface area contributed by atoms with Crippen LogP contribution in [0.15, 0.2) is 48.7 Å². The molecular formula is C28H30N4O2. The quantitative estimate of drug-likeness (QED) is 0.553. The van der Waals surface area contributed by atoms with Gasteiger partial charge in [-0.1, -0.05) is 6.07 Å². The third kappa shape index (κ3) is 3.44. The number of fused-ring (bicyclic) bond motifs is 6. The van der Waals surface area contributed by atoms with Crippen LogP contribution in [0.3, 0.4) is 0 Å². The number of piperidine rings is 1. The average molecular weight is 455 g/mol. The monoisotopic (exact) mass is 454 g/mol. The molecule has 3 aromatic rings. The number of ether oxygens (including phenoxy) is 1. The molecule has 0 radical (unpaired) electrons. The van der Waals surface area contributed by atoms with E-state index >= 15 is 0 Å². The van der Waals surface area contributed by atoms with Gasteiger partial charge in [-0.3, -0.25) is 9.97 Å². The van der Waals surface area contributed by atoms with Crippen LogP contribution in [0.5, 0.6) is 0 Å². The second-order valence-corrected chi connectivity index (χ2v) is 10.7. The molecule has 3 aliphatic rings. The number of carbonyl (C=O) groups is 1. The largest absolute Gasteiger partial charge is 0.456 e. The molecule has 2 aliphatic heterocycles. The van der Waals surface area contributed by atoms with E-state index in [1.165, 1.54) is 25.0 Å². The number of aryl methyl sites for hydroxylation is 1. The molecule has 6 nitrogen and oxygen atoms in total. The molecule has 3 atom stereocenters. The summed E-state index contributed by atoms with van der Waals surface area (Å²) in [4.78, 5) is 24.9. The van der Waals surface area contributed by atoms with E-state index in [4.69, 9.17) is 9.72 Å². The first-order chi connectivity index (χ1) is 16.3. The van der Waals surface area contributed by atoms with Crippen molar-refractivity contribution in [2.45, 2.75) is 64.8 Å². The fourth-order valence-corrected chi connectivity index (χ4v) is 5.81. The molecule has 0 spiro atoms. The maximum atomic E-state index is 12.9. The third-order valence-corrected chi connectivity index (χ3v) is 7.15. The molecule has 2 fully saturated rings. The van der Waals surface area contributed by atoms with Gasteiger partial charge in [0, 0.05) is 28.9 Å². The van der Waals surface area contributed by atoms with Gasteiger partial charge in [0.25, 0.3) is 0 Å². The van der Waals surface area contributed by atoms with Crippen LogP contribution in [-0.4, -0.2) is 38.6 Å². The maximum absolute atomic E-state index is 12.9. The van der Waals surface area contributed by atoms with Gasteiger partial charge in [-0.2, -0.15) is 0 Å². The second-order valence-electron chi connectivity index (χ2n) is 10.7. The zero-order valence-corrected chi connectivity index (χ0v) is 20.1. The molecular weight excluding hydrogens is 424 g/mol. The van der Waals surface area contributed by atoms with Crippen LogP contribution in [0.1, 0.15) is 67.3 Å². The lowest BCUT2D eigenvalue weighted by Crippen LogP contribution is -2.41. The summed E-state index contributed by atoms with van der Waals surface area (Å²) in [7, 11) is 0. The number of hydrogen-bond acceptors (Lipinski definition) is 6. The van der Waals surface area contributed by atoms with Gasteiger partial charge in [-0.05, 0) is 89.3 Å². The van der Waals surface area contributed by atoms with Gasteiger partial charge < -0.3 is 15.0 Å². The van der Waals surface area contributed by atoms with Gasteiger partial charge >= 0.3 is 5.97 Å². The van der Waals surface area contributed by atoms with Crippen molar-refractivity contribution in [3.63, 3.8) is 0 Å². The van der Waals surface area contributed by atoms with E-state index in [0.29, 0.717) is 23.7 Å². The Morgan fingerprint density at radius 2 is 2.00 bits per heavy atom. The molecule has 3 unspecified atom stereocenters. The summed E-state index contributed by atoms with van der Waals surface area (Å²) in [5.74, 6) is 0.328. The van der Waals surface area contributed by atoms with Crippen LogP contribution in [0.25, 0.3) is 22.3 Å². The van der Waals surface area contributed by atoms with E-state index in [1.54, 1.807) is 6.07 Å². The third-order valence-electron chi connectivity index (χ3n) is 7.15. The molecule has 1 N–H and O–H groups in total. The zero-order valence-electron chi connectivity index (χ0n) is 20.1. The molecule has 1 aliphatic carbocycles. The fourth-order valence-electron chi connectivity index (χ4n) is 5.81. The van der Waals surface area contributed by atoms with Crippen molar-refractivity contribution in [3.8, 4) is 0 Å². The lowest BCUT2D eigenvalue weighted by atomic mass is 10.00. The number of pyridine rings is 2. The van der Waals surface area contributed by atoms with E-state index in [1.807, 2.05) is 52.1 Å². The van der Waals surface area contributed by atoms with E-state index in [2.05, 4.69) is 33.4 Å². The Labute approximate surface area is 200 Å². The van der Waals surface area contributed by atoms with Crippen molar-refractivity contribution >= 4 is 28.3 Å². The predicted molar refractivity (Wildman–Crippen MR) is 133 cm³/mol. The number of aromatic nitrogens is 2. The highest BCUT2D eigenvalue weighted by Crippen LogP contribution is 2.51. The lowest BCUT2D eigenvalue weighted by Gasteiger charge is -2.33. The van der Waals surface area contributed by atoms with Crippen molar-refractivity contribution < 1.29 is 9.53 Å². The topological polar surface area (TPSA) is 67.3 Å². The molecule has 6 rings (SSSR count). The maximum Gasteiger partial charge on any atom is 0.338 e. The number of esters is 1. The highest BCUT2D eigenvalue weighted by molar-refractivity contribution is 6.03. The van der Waals surface area contributed by atoms with Crippen LogP contribution in [0.4, 0.5) is 0 Å². The molecule has 2 bridgehead atoms. The minimum atomic E-state index is -0.548. The van der Waals surface area contributed by atoms with E-state index in [0.717, 1.165) is 33.6 Å². The highest BCUT2D eigenvalue weighted by atomic mass is 16.6. The minimum Gasteiger partial charge on any atom is -0.456 e. The van der Waals surface area contributed by atoms with Crippen molar-refractivity contribution in [1.29, 1.82) is 0 Å². The smallest absolute Gasteiger partial charge is 0.338 e. The summed E-state index contributed by atoms with van der Waals surface area (Å²) in [5, 5.41) is 4.80. The van der Waals surface area contributed by atoms with Crippen molar-refractivity contribution in [3.05, 3.63) is 71.2 Å². The first-order valence-electron chi connectivity index (χ1n) is 12.1. The molecule has 6 heteroatoms. The summed E-state index contributed by atoms with van der Waals surface area (Å²) in [6.07, 6.45) is 5.86. The SMILES string of the molecule is Cc1cccc(C2=C(c3ccnc4ccc(C(=O)OC(C)(C)C)cc34)N3C4CCC(C4)C3N2)n1. The molecule has 1 saturated carbocycles. The number of carbonyl (C=O) groups excluding carboxylic acids is 1. The van der Waals surface area contributed by atoms with Crippen LogP contribution in [0, 0.1) is 12.8 Å². The van der Waals surface area contributed by atoms with E-state index in [9.17, 15) is 4.79 Å². The minimum absolute atomic E-state index is 0.295. The normalized spacial score (nSPS) is 23.4. The van der Waals surface area contributed by atoms with Crippen LogP contribution in [-0.2, 0) is 4.74 Å². The molecule has 34 heavy (non-hydrogen) atoms. The number of benzene rings is 1. The molecule has 4 heterocycles. The molecule has 174 valence electrons. The van der Waals surface area contributed by atoms with Gasteiger partial charge in [-0.15, -0.1) is 0 Å². The van der Waals surface area contributed by atoms with Crippen LogP contribution >= 0.6 is 0 Å². The zero-order chi connectivity index (χ0) is 23.6. The summed E-state index contributed by atoms with van der Waals surface area (Å²) in [5.41, 5.74) is 6.12. The predicted octanol–water partition coefficient (Wildman–Crippen LogP) is 5.13. The standard InChI is InChI=1S/C28H30N4O2/c1-16-6-5-7-23(30-16)24-25(32-19-10-8-17(14-19)26(32)31-24)20-12-13-29-22-11-9-18(15-21(20)22)27(33)34-28(2,3)4/h5-7,9,11-13,15,17,19,26,31H,8,10,14H2,1-4H3. The second kappa shape index (κ2) is 7.55. The van der Waals surface area contributed by atoms with Gasteiger partial charge in [-0.25, -0.2) is 4.79 Å². The lowest BCUT2D eigenvalue weighted by molar-refractivity contribution is 0.00697. The average Bonchev–Trinajstić information content (AvgIpc) is 3.50. The van der Waals surface area contributed by atoms with Crippen LogP contribution < -0.4 is 5.32 Å². The highest BCUT2D eigenvalue weighted by Gasteiger charge is 2.51. The summed E-state index contributed by atoms with van der Waals surface area (Å²) in [6.45, 7) is 7.69. The summed E-state index contributed by atoms with van der Waals surface area (Å²) in [6, 6.07) is 14.4. The molecule has 1 saturated heterocycles. The number of nitrogens with zero attached hydrogens (tertiary/aromatic N) is 3. The van der Waals surface area contributed by atoms with Crippen molar-refractivity contribution in [2.75, 3.05) is 0 Å². The van der Waals surface area contributed by atoms with Crippen molar-refractivity contribution in [1.82, 2.24) is 20.2 Å². The number of nitrogens with one attached hydrogen (secondary N) is 1. The number of hydrogen-bond donors (Lipinski definition) is 1. The molecule has 2 aromatic heterocycles. The Morgan fingerprint density at radius 3 is 2.79 bits per heavy atom. The summed E-state index contributed by atoms with van der Waals surface area (Å²) >= 11 is 0. The molecule has 0 amide bonds. The molecule has 1 aromatic carbocycles. The van der Waals surface area contributed by atoms with Crippen LogP contribution in [0.2, 0.25) is 0 Å². The fraction of sp³-hybridized carbons (Fsp3) is 0.393. The van der Waals surface area contributed by atoms with Gasteiger partial charge in [0.2, 0.25) is 0 Å². The first-order valence-corrected chi connectivity index (χ1v) is 12.1.